The second-order valence-electron chi connectivity index (χ2n) is 5.66. The summed E-state index contributed by atoms with van der Waals surface area (Å²) >= 11 is 7.73. The van der Waals surface area contributed by atoms with E-state index >= 15 is 0 Å². The molecule has 21 heavy (non-hydrogen) atoms. The van der Waals surface area contributed by atoms with Crippen LogP contribution >= 0.6 is 22.9 Å². The van der Waals surface area contributed by atoms with E-state index in [1.54, 1.807) is 11.3 Å². The summed E-state index contributed by atoms with van der Waals surface area (Å²) in [5.74, 6) is 0.677. The van der Waals surface area contributed by atoms with Crippen molar-refractivity contribution in [3.8, 4) is 5.88 Å². The van der Waals surface area contributed by atoms with Crippen LogP contribution in [0, 0.1) is 0 Å². The van der Waals surface area contributed by atoms with E-state index in [4.69, 9.17) is 21.1 Å². The second kappa shape index (κ2) is 5.71. The molecule has 0 aromatic carbocycles. The highest BCUT2D eigenvalue weighted by Crippen LogP contribution is 2.39. The van der Waals surface area contributed by atoms with Gasteiger partial charge >= 0.3 is 0 Å². The average Bonchev–Trinajstić information content (AvgIpc) is 2.86. The molecule has 112 valence electrons. The van der Waals surface area contributed by atoms with Gasteiger partial charge in [-0.2, -0.15) is 4.98 Å². The van der Waals surface area contributed by atoms with Crippen molar-refractivity contribution in [2.45, 2.75) is 51.2 Å². The average molecular weight is 325 g/mol. The molecule has 3 heterocycles. The molecule has 1 saturated carbocycles. The molecular weight excluding hydrogens is 308 g/mol. The van der Waals surface area contributed by atoms with Gasteiger partial charge in [-0.05, 0) is 49.3 Å². The Morgan fingerprint density at radius 1 is 1.19 bits per heavy atom. The molecular formula is C15H17ClN2O2S. The van der Waals surface area contributed by atoms with Crippen LogP contribution in [0.25, 0.3) is 10.2 Å². The quantitative estimate of drug-likeness (QED) is 0.779. The van der Waals surface area contributed by atoms with Gasteiger partial charge in [0, 0.05) is 4.88 Å². The maximum absolute atomic E-state index is 6.20. The predicted molar refractivity (Wildman–Crippen MR) is 83.3 cm³/mol. The fourth-order valence-electron chi connectivity index (χ4n) is 3.19. The van der Waals surface area contributed by atoms with Crippen molar-refractivity contribution in [2.75, 3.05) is 6.61 Å². The molecule has 1 aliphatic carbocycles. The van der Waals surface area contributed by atoms with Gasteiger partial charge in [0.1, 0.15) is 10.9 Å². The molecule has 0 spiro atoms. The Morgan fingerprint density at radius 2 is 2.05 bits per heavy atom. The fourth-order valence-corrected chi connectivity index (χ4v) is 4.55. The number of fused-ring (bicyclic) bond motifs is 3. The fraction of sp³-hybridized carbons (Fsp3) is 0.600. The zero-order valence-electron chi connectivity index (χ0n) is 11.7. The second-order valence-corrected chi connectivity index (χ2v) is 7.08. The van der Waals surface area contributed by atoms with Crippen molar-refractivity contribution in [3.63, 3.8) is 0 Å². The summed E-state index contributed by atoms with van der Waals surface area (Å²) in [6.07, 6.45) is 7.18. The Balaban J connectivity index is 1.77. The normalized spacial score (nSPS) is 19.7. The van der Waals surface area contributed by atoms with Gasteiger partial charge in [-0.25, -0.2) is 4.98 Å². The van der Waals surface area contributed by atoms with Crippen LogP contribution < -0.4 is 4.74 Å². The molecule has 2 aromatic heterocycles. The van der Waals surface area contributed by atoms with Crippen molar-refractivity contribution in [1.82, 2.24) is 9.97 Å². The summed E-state index contributed by atoms with van der Waals surface area (Å²) in [4.78, 5) is 10.9. The monoisotopic (exact) mass is 324 g/mol. The smallest absolute Gasteiger partial charge is 0.227 e. The van der Waals surface area contributed by atoms with E-state index in [1.165, 1.54) is 29.7 Å². The van der Waals surface area contributed by atoms with Crippen LogP contribution in [0.3, 0.4) is 0 Å². The van der Waals surface area contributed by atoms with Crippen molar-refractivity contribution in [2.24, 2.45) is 0 Å². The number of hydrogen-bond donors (Lipinski definition) is 0. The SMILES string of the molecule is Clc1nc(OC2CCCCC2)c2c3c(sc2n1)COCC3. The Kier molecular flexibility index (Phi) is 3.73. The number of aromatic nitrogens is 2. The molecule has 0 radical (unpaired) electrons. The molecule has 1 aliphatic heterocycles. The summed E-state index contributed by atoms with van der Waals surface area (Å²) in [5.41, 5.74) is 1.30. The van der Waals surface area contributed by atoms with Crippen LogP contribution in [-0.2, 0) is 17.8 Å². The molecule has 0 atom stereocenters. The van der Waals surface area contributed by atoms with Crippen LogP contribution in [0.5, 0.6) is 5.88 Å². The minimum atomic E-state index is 0.267. The van der Waals surface area contributed by atoms with Gasteiger partial charge < -0.3 is 9.47 Å². The first-order valence-electron chi connectivity index (χ1n) is 7.53. The van der Waals surface area contributed by atoms with Gasteiger partial charge in [-0.3, -0.25) is 0 Å². The highest BCUT2D eigenvalue weighted by atomic mass is 35.5. The number of nitrogens with zero attached hydrogens (tertiary/aromatic N) is 2. The zero-order chi connectivity index (χ0) is 14.2. The van der Waals surface area contributed by atoms with E-state index in [1.807, 2.05) is 0 Å². The van der Waals surface area contributed by atoms with Crippen LogP contribution in [0.4, 0.5) is 0 Å². The van der Waals surface area contributed by atoms with Crippen molar-refractivity contribution >= 4 is 33.2 Å². The summed E-state index contributed by atoms with van der Waals surface area (Å²) in [7, 11) is 0. The minimum Gasteiger partial charge on any atom is -0.474 e. The van der Waals surface area contributed by atoms with E-state index in [0.717, 1.165) is 36.1 Å². The van der Waals surface area contributed by atoms with Crippen LogP contribution in [0.1, 0.15) is 42.5 Å². The first kappa shape index (κ1) is 13.7. The van der Waals surface area contributed by atoms with Gasteiger partial charge in [0.2, 0.25) is 11.2 Å². The molecule has 0 amide bonds. The highest BCUT2D eigenvalue weighted by molar-refractivity contribution is 7.18. The number of thiophene rings is 1. The maximum atomic E-state index is 6.20. The molecule has 0 bridgehead atoms. The lowest BCUT2D eigenvalue weighted by atomic mass is 9.98. The molecule has 2 aromatic rings. The third-order valence-corrected chi connectivity index (χ3v) is 5.50. The maximum Gasteiger partial charge on any atom is 0.227 e. The molecule has 1 fully saturated rings. The van der Waals surface area contributed by atoms with Gasteiger partial charge in [0.15, 0.2) is 0 Å². The van der Waals surface area contributed by atoms with E-state index in [9.17, 15) is 0 Å². The molecule has 6 heteroatoms. The van der Waals surface area contributed by atoms with Crippen molar-refractivity contribution in [1.29, 1.82) is 0 Å². The number of halogens is 1. The van der Waals surface area contributed by atoms with Crippen LogP contribution in [0.2, 0.25) is 5.28 Å². The highest BCUT2D eigenvalue weighted by Gasteiger charge is 2.24. The molecule has 2 aliphatic rings. The molecule has 0 unspecified atom stereocenters. The topological polar surface area (TPSA) is 44.2 Å². The molecule has 4 rings (SSSR count). The Hall–Kier alpha value is -0.910. The number of rotatable bonds is 2. The van der Waals surface area contributed by atoms with Crippen LogP contribution in [-0.4, -0.2) is 22.7 Å². The summed E-state index contributed by atoms with van der Waals surface area (Å²) in [6, 6.07) is 0. The van der Waals surface area contributed by atoms with E-state index < -0.39 is 0 Å². The van der Waals surface area contributed by atoms with Crippen LogP contribution in [0.15, 0.2) is 0 Å². The Bertz CT molecular complexity index is 667. The predicted octanol–water partition coefficient (Wildman–Crippen LogP) is 4.13. The zero-order valence-corrected chi connectivity index (χ0v) is 13.3. The van der Waals surface area contributed by atoms with E-state index in [-0.39, 0.29) is 11.4 Å². The number of ether oxygens (including phenoxy) is 2. The first-order chi connectivity index (χ1) is 10.3. The van der Waals surface area contributed by atoms with Crippen molar-refractivity contribution in [3.05, 3.63) is 15.7 Å². The molecule has 0 saturated heterocycles. The lowest BCUT2D eigenvalue weighted by Gasteiger charge is -2.23. The van der Waals surface area contributed by atoms with Gasteiger partial charge in [-0.15, -0.1) is 11.3 Å². The summed E-state index contributed by atoms with van der Waals surface area (Å²) in [6.45, 7) is 1.42. The molecule has 0 N–H and O–H groups in total. The third-order valence-electron chi connectivity index (χ3n) is 4.23. The lowest BCUT2D eigenvalue weighted by Crippen LogP contribution is -2.20. The first-order valence-corrected chi connectivity index (χ1v) is 8.73. The minimum absolute atomic E-state index is 0.267. The van der Waals surface area contributed by atoms with Gasteiger partial charge in [-0.1, -0.05) is 6.42 Å². The standard InChI is InChI=1S/C15H17ClN2O2S/c16-15-17-13(20-9-4-2-1-3-5-9)12-10-6-7-19-8-11(10)21-14(12)18-15/h9H,1-8H2. The third kappa shape index (κ3) is 2.62. The Morgan fingerprint density at radius 3 is 2.90 bits per heavy atom. The van der Waals surface area contributed by atoms with E-state index in [2.05, 4.69) is 9.97 Å². The number of hydrogen-bond acceptors (Lipinski definition) is 5. The summed E-state index contributed by atoms with van der Waals surface area (Å²) in [5, 5.41) is 1.33. The van der Waals surface area contributed by atoms with E-state index in [0.29, 0.717) is 12.5 Å². The lowest BCUT2D eigenvalue weighted by molar-refractivity contribution is 0.114. The molecule has 4 nitrogen and oxygen atoms in total. The largest absolute Gasteiger partial charge is 0.474 e. The Labute approximate surface area is 132 Å². The van der Waals surface area contributed by atoms with Crippen molar-refractivity contribution < 1.29 is 9.47 Å². The summed E-state index contributed by atoms with van der Waals surface area (Å²) < 4.78 is 11.7. The van der Waals surface area contributed by atoms with Gasteiger partial charge in [0.05, 0.1) is 18.6 Å². The van der Waals surface area contributed by atoms with Gasteiger partial charge in [0.25, 0.3) is 0 Å².